The predicted molar refractivity (Wildman–Crippen MR) is 83.8 cm³/mol. The van der Waals surface area contributed by atoms with E-state index in [-0.39, 0.29) is 18.5 Å². The van der Waals surface area contributed by atoms with Crippen LogP contribution in [0.2, 0.25) is 0 Å². The lowest BCUT2D eigenvalue weighted by molar-refractivity contribution is -0.121. The highest BCUT2D eigenvalue weighted by atomic mass is 16.2. The summed E-state index contributed by atoms with van der Waals surface area (Å²) in [6.45, 7) is 5.07. The number of urea groups is 1. The Morgan fingerprint density at radius 2 is 2.05 bits per heavy atom. The van der Waals surface area contributed by atoms with E-state index in [2.05, 4.69) is 10.6 Å². The molecule has 0 fully saturated rings. The van der Waals surface area contributed by atoms with Crippen molar-refractivity contribution in [2.75, 3.05) is 25.5 Å². The third-order valence-electron chi connectivity index (χ3n) is 2.85. The molecule has 0 heterocycles. The largest absolute Gasteiger partial charge is 0.354 e. The zero-order valence-electron chi connectivity index (χ0n) is 12.8. The van der Waals surface area contributed by atoms with Gasteiger partial charge in [0.05, 0.1) is 0 Å². The van der Waals surface area contributed by atoms with E-state index in [0.717, 1.165) is 5.56 Å². The van der Waals surface area contributed by atoms with Crippen LogP contribution < -0.4 is 16.4 Å². The van der Waals surface area contributed by atoms with E-state index in [1.807, 2.05) is 32.0 Å². The Balaban J connectivity index is 2.48. The average Bonchev–Trinajstić information content (AvgIpc) is 2.45. The van der Waals surface area contributed by atoms with Gasteiger partial charge in [-0.15, -0.1) is 0 Å². The number of likely N-dealkylation sites (N-methyl/N-ethyl adjacent to an activating group) is 1. The third-order valence-corrected chi connectivity index (χ3v) is 2.85. The highest BCUT2D eigenvalue weighted by molar-refractivity contribution is 5.92. The molecule has 0 saturated heterocycles. The molecule has 116 valence electrons. The Morgan fingerprint density at radius 1 is 1.33 bits per heavy atom. The minimum absolute atomic E-state index is 0.0229. The molecule has 0 aliphatic rings. The topological polar surface area (TPSA) is 87.5 Å². The van der Waals surface area contributed by atoms with Crippen molar-refractivity contribution in [3.8, 4) is 0 Å². The maximum atomic E-state index is 12.0. The number of rotatable bonds is 6. The molecule has 21 heavy (non-hydrogen) atoms. The van der Waals surface area contributed by atoms with E-state index in [9.17, 15) is 9.59 Å². The van der Waals surface area contributed by atoms with Crippen LogP contribution in [0.4, 0.5) is 10.5 Å². The Kier molecular flexibility index (Phi) is 6.68. The fourth-order valence-corrected chi connectivity index (χ4v) is 1.66. The summed E-state index contributed by atoms with van der Waals surface area (Å²) in [5.74, 6) is 0.212. The zero-order chi connectivity index (χ0) is 15.8. The van der Waals surface area contributed by atoms with Gasteiger partial charge in [-0.25, -0.2) is 4.79 Å². The van der Waals surface area contributed by atoms with E-state index < -0.39 is 0 Å². The van der Waals surface area contributed by atoms with Crippen molar-refractivity contribution in [2.45, 2.75) is 20.4 Å². The average molecular weight is 292 g/mol. The summed E-state index contributed by atoms with van der Waals surface area (Å²) >= 11 is 0. The number of carbonyl (C=O) groups excluding carboxylic acids is 2. The first-order valence-corrected chi connectivity index (χ1v) is 7.00. The first-order valence-electron chi connectivity index (χ1n) is 7.00. The second-order valence-corrected chi connectivity index (χ2v) is 5.39. The van der Waals surface area contributed by atoms with Crippen molar-refractivity contribution in [3.63, 3.8) is 0 Å². The van der Waals surface area contributed by atoms with E-state index in [1.54, 1.807) is 13.1 Å². The molecule has 0 bridgehead atoms. The lowest BCUT2D eigenvalue weighted by Crippen LogP contribution is -2.41. The molecule has 3 amide bonds. The van der Waals surface area contributed by atoms with Gasteiger partial charge in [0.2, 0.25) is 5.91 Å². The number of nitrogens with one attached hydrogen (secondary N) is 2. The Hall–Kier alpha value is -2.08. The second-order valence-electron chi connectivity index (χ2n) is 5.39. The molecule has 6 nitrogen and oxygen atoms in total. The Morgan fingerprint density at radius 3 is 2.67 bits per heavy atom. The highest BCUT2D eigenvalue weighted by Gasteiger charge is 2.13. The molecule has 0 aromatic heterocycles. The summed E-state index contributed by atoms with van der Waals surface area (Å²) in [7, 11) is 1.58. The molecule has 0 radical (unpaired) electrons. The summed E-state index contributed by atoms with van der Waals surface area (Å²) in [5.41, 5.74) is 7.16. The van der Waals surface area contributed by atoms with Gasteiger partial charge in [-0.05, 0) is 23.6 Å². The summed E-state index contributed by atoms with van der Waals surface area (Å²) in [5, 5.41) is 5.51. The van der Waals surface area contributed by atoms with Crippen LogP contribution in [0.5, 0.6) is 0 Å². The summed E-state index contributed by atoms with van der Waals surface area (Å²) in [6, 6.07) is 6.98. The smallest absolute Gasteiger partial charge is 0.322 e. The van der Waals surface area contributed by atoms with Gasteiger partial charge in [0.1, 0.15) is 6.54 Å². The van der Waals surface area contributed by atoms with Crippen molar-refractivity contribution in [2.24, 2.45) is 11.7 Å². The molecule has 1 rings (SSSR count). The highest BCUT2D eigenvalue weighted by Crippen LogP contribution is 2.10. The van der Waals surface area contributed by atoms with Crippen LogP contribution in [-0.2, 0) is 11.3 Å². The fourth-order valence-electron chi connectivity index (χ4n) is 1.66. The number of hydrogen-bond acceptors (Lipinski definition) is 3. The first-order chi connectivity index (χ1) is 9.92. The van der Waals surface area contributed by atoms with Crippen LogP contribution in [0.15, 0.2) is 24.3 Å². The number of nitrogens with two attached hydrogens (primary N) is 1. The third kappa shape index (κ3) is 6.27. The number of carbonyl (C=O) groups is 2. The van der Waals surface area contributed by atoms with E-state index in [0.29, 0.717) is 24.7 Å². The molecule has 1 aromatic carbocycles. The van der Waals surface area contributed by atoms with E-state index in [1.165, 1.54) is 4.90 Å². The van der Waals surface area contributed by atoms with Crippen LogP contribution in [0, 0.1) is 5.92 Å². The second kappa shape index (κ2) is 8.26. The van der Waals surface area contributed by atoms with Gasteiger partial charge in [-0.1, -0.05) is 26.0 Å². The molecule has 0 aliphatic carbocycles. The molecule has 0 aliphatic heterocycles. The Labute approximate surface area is 125 Å². The van der Waals surface area contributed by atoms with Gasteiger partial charge >= 0.3 is 6.03 Å². The summed E-state index contributed by atoms with van der Waals surface area (Å²) in [6.07, 6.45) is 0. The lowest BCUT2D eigenvalue weighted by atomic mass is 10.2. The van der Waals surface area contributed by atoms with Gasteiger partial charge < -0.3 is 21.3 Å². The maximum Gasteiger partial charge on any atom is 0.322 e. The lowest BCUT2D eigenvalue weighted by Gasteiger charge is -2.18. The van der Waals surface area contributed by atoms with E-state index >= 15 is 0 Å². The van der Waals surface area contributed by atoms with Crippen molar-refractivity contribution in [3.05, 3.63) is 29.8 Å². The van der Waals surface area contributed by atoms with Crippen LogP contribution in [0.25, 0.3) is 0 Å². The van der Waals surface area contributed by atoms with Crippen LogP contribution in [0.1, 0.15) is 19.4 Å². The quantitative estimate of drug-likeness (QED) is 0.740. The molecular formula is C15H24N4O2. The number of benzene rings is 1. The molecule has 1 aromatic rings. The number of amides is 3. The number of hydrogen-bond donors (Lipinski definition) is 3. The molecule has 0 unspecified atom stereocenters. The molecule has 0 saturated carbocycles. The zero-order valence-corrected chi connectivity index (χ0v) is 12.8. The molecule has 4 N–H and O–H groups in total. The maximum absolute atomic E-state index is 12.0. The molecular weight excluding hydrogens is 268 g/mol. The molecule has 6 heteroatoms. The van der Waals surface area contributed by atoms with Gasteiger partial charge in [-0.2, -0.15) is 0 Å². The van der Waals surface area contributed by atoms with Crippen molar-refractivity contribution < 1.29 is 9.59 Å². The minimum atomic E-state index is -0.330. The SMILES string of the molecule is CC(C)CNC(=O)CN(C)C(=O)Nc1cccc(CN)c1. The van der Waals surface area contributed by atoms with E-state index in [4.69, 9.17) is 5.73 Å². The van der Waals surface area contributed by atoms with Crippen LogP contribution in [-0.4, -0.2) is 37.0 Å². The van der Waals surface area contributed by atoms with Gasteiger partial charge in [0.25, 0.3) is 0 Å². The predicted octanol–water partition coefficient (Wildman–Crippen LogP) is 1.38. The van der Waals surface area contributed by atoms with Crippen molar-refractivity contribution >= 4 is 17.6 Å². The molecule has 0 atom stereocenters. The van der Waals surface area contributed by atoms with Gasteiger partial charge in [0, 0.05) is 25.8 Å². The van der Waals surface area contributed by atoms with Crippen LogP contribution >= 0.6 is 0 Å². The standard InChI is InChI=1S/C15H24N4O2/c1-11(2)9-17-14(20)10-19(3)15(21)18-13-6-4-5-12(7-13)8-16/h4-7,11H,8-10,16H2,1-3H3,(H,17,20)(H,18,21). The Bertz CT molecular complexity index is 488. The summed E-state index contributed by atoms with van der Waals surface area (Å²) < 4.78 is 0. The summed E-state index contributed by atoms with van der Waals surface area (Å²) in [4.78, 5) is 25.0. The normalized spacial score (nSPS) is 10.3. The van der Waals surface area contributed by atoms with Crippen LogP contribution in [0.3, 0.4) is 0 Å². The number of anilines is 1. The first kappa shape index (κ1) is 17.0. The minimum Gasteiger partial charge on any atom is -0.354 e. The fraction of sp³-hybridized carbons (Fsp3) is 0.467. The van der Waals surface area contributed by atoms with Crippen molar-refractivity contribution in [1.82, 2.24) is 10.2 Å². The van der Waals surface area contributed by atoms with Gasteiger partial charge in [0.15, 0.2) is 0 Å². The number of nitrogens with zero attached hydrogens (tertiary/aromatic N) is 1. The van der Waals surface area contributed by atoms with Gasteiger partial charge in [-0.3, -0.25) is 4.79 Å². The molecule has 0 spiro atoms. The monoisotopic (exact) mass is 292 g/mol. The van der Waals surface area contributed by atoms with Crippen molar-refractivity contribution in [1.29, 1.82) is 0 Å².